The SMILES string of the molecule is O=C(O)N1C2CCC1CN(c1nc3cc(CN4CCOCC4)cc(-c4nccs4)c3o1)C2. The number of oxazole rings is 1. The molecule has 3 aliphatic rings. The molecule has 10 heteroatoms. The molecule has 1 amide bonds. The van der Waals surface area contributed by atoms with Gasteiger partial charge in [0.1, 0.15) is 10.5 Å². The number of thiazole rings is 1. The largest absolute Gasteiger partial charge is 0.465 e. The predicted molar refractivity (Wildman–Crippen MR) is 120 cm³/mol. The van der Waals surface area contributed by atoms with Gasteiger partial charge in [-0.25, -0.2) is 9.78 Å². The first-order chi connectivity index (χ1) is 15.7. The van der Waals surface area contributed by atoms with E-state index in [1.807, 2.05) is 5.38 Å². The normalized spacial score (nSPS) is 23.9. The summed E-state index contributed by atoms with van der Waals surface area (Å²) < 4.78 is 11.8. The number of morpholine rings is 1. The molecule has 9 nitrogen and oxygen atoms in total. The van der Waals surface area contributed by atoms with Gasteiger partial charge in [-0.3, -0.25) is 9.80 Å². The third-order valence-electron chi connectivity index (χ3n) is 6.68. The van der Waals surface area contributed by atoms with Gasteiger partial charge in [0.05, 0.1) is 30.9 Å². The van der Waals surface area contributed by atoms with Crippen molar-refractivity contribution in [2.24, 2.45) is 0 Å². The van der Waals surface area contributed by atoms with Gasteiger partial charge in [-0.2, -0.15) is 4.98 Å². The van der Waals surface area contributed by atoms with Crippen LogP contribution in [0.25, 0.3) is 21.7 Å². The molecular formula is C22H25N5O4S. The van der Waals surface area contributed by atoms with E-state index in [1.54, 1.807) is 22.4 Å². The Morgan fingerprint density at radius 1 is 1.19 bits per heavy atom. The molecule has 0 saturated carbocycles. The van der Waals surface area contributed by atoms with Crippen LogP contribution in [0.15, 0.2) is 28.1 Å². The number of nitrogens with zero attached hydrogens (tertiary/aromatic N) is 5. The van der Waals surface area contributed by atoms with Crippen LogP contribution >= 0.6 is 11.3 Å². The van der Waals surface area contributed by atoms with E-state index in [4.69, 9.17) is 14.1 Å². The molecule has 2 bridgehead atoms. The number of rotatable bonds is 4. The number of hydrogen-bond donors (Lipinski definition) is 1. The van der Waals surface area contributed by atoms with Gasteiger partial charge in [0, 0.05) is 44.3 Å². The lowest BCUT2D eigenvalue weighted by molar-refractivity contribution is 0.0342. The lowest BCUT2D eigenvalue weighted by Gasteiger charge is -2.38. The molecule has 0 radical (unpaired) electrons. The van der Waals surface area contributed by atoms with Crippen LogP contribution in [0.2, 0.25) is 0 Å². The molecule has 3 aromatic rings. The van der Waals surface area contributed by atoms with Crippen molar-refractivity contribution in [2.45, 2.75) is 31.5 Å². The molecule has 3 saturated heterocycles. The Kier molecular flexibility index (Phi) is 5.00. The predicted octanol–water partition coefficient (Wildman–Crippen LogP) is 3.11. The van der Waals surface area contributed by atoms with E-state index in [1.165, 1.54) is 5.56 Å². The molecule has 3 aliphatic heterocycles. The number of anilines is 1. The number of fused-ring (bicyclic) bond motifs is 3. The number of carbonyl (C=O) groups is 1. The number of carboxylic acid groups (broad SMARTS) is 1. The van der Waals surface area contributed by atoms with Crippen molar-refractivity contribution in [3.63, 3.8) is 0 Å². The molecule has 5 heterocycles. The van der Waals surface area contributed by atoms with E-state index < -0.39 is 6.09 Å². The van der Waals surface area contributed by atoms with E-state index in [0.717, 1.165) is 67.4 Å². The van der Waals surface area contributed by atoms with Crippen LogP contribution in [-0.2, 0) is 11.3 Å². The van der Waals surface area contributed by atoms with Crippen molar-refractivity contribution >= 4 is 34.5 Å². The molecule has 1 N–H and O–H groups in total. The van der Waals surface area contributed by atoms with E-state index in [9.17, 15) is 9.90 Å². The summed E-state index contributed by atoms with van der Waals surface area (Å²) in [7, 11) is 0. The number of ether oxygens (including phenoxy) is 1. The van der Waals surface area contributed by atoms with Crippen LogP contribution in [0.3, 0.4) is 0 Å². The van der Waals surface area contributed by atoms with Crippen LogP contribution < -0.4 is 4.90 Å². The monoisotopic (exact) mass is 455 g/mol. The van der Waals surface area contributed by atoms with E-state index in [0.29, 0.717) is 19.1 Å². The van der Waals surface area contributed by atoms with Crippen LogP contribution in [0, 0.1) is 0 Å². The maximum atomic E-state index is 11.6. The van der Waals surface area contributed by atoms with Crippen molar-refractivity contribution in [1.82, 2.24) is 19.8 Å². The van der Waals surface area contributed by atoms with Crippen LogP contribution in [0.4, 0.5) is 10.8 Å². The second kappa shape index (κ2) is 8.02. The first-order valence-corrected chi connectivity index (χ1v) is 11.9. The fraction of sp³-hybridized carbons (Fsp3) is 0.500. The highest BCUT2D eigenvalue weighted by molar-refractivity contribution is 7.13. The highest BCUT2D eigenvalue weighted by Gasteiger charge is 2.43. The zero-order chi connectivity index (χ0) is 21.7. The maximum Gasteiger partial charge on any atom is 0.407 e. The standard InChI is InChI=1S/C22H25N5O4S/c28-22(29)27-15-1-2-16(27)13-26(12-15)21-24-18-10-14(11-25-4-6-30-7-5-25)9-17(19(18)31-21)20-23-3-8-32-20/h3,8-10,15-16H,1-2,4-7,11-13H2,(H,28,29). The number of hydrogen-bond acceptors (Lipinski definition) is 8. The Morgan fingerprint density at radius 3 is 2.66 bits per heavy atom. The summed E-state index contributed by atoms with van der Waals surface area (Å²) in [4.78, 5) is 27.1. The second-order valence-corrected chi connectivity index (χ2v) is 9.59. The molecule has 0 aliphatic carbocycles. The van der Waals surface area contributed by atoms with Gasteiger partial charge < -0.3 is 19.2 Å². The first kappa shape index (κ1) is 20.0. The minimum Gasteiger partial charge on any atom is -0.465 e. The van der Waals surface area contributed by atoms with Crippen LogP contribution in [-0.4, -0.2) is 82.4 Å². The Balaban J connectivity index is 1.35. The highest BCUT2D eigenvalue weighted by atomic mass is 32.1. The molecule has 168 valence electrons. The fourth-order valence-electron chi connectivity index (χ4n) is 5.21. The van der Waals surface area contributed by atoms with Gasteiger partial charge in [-0.05, 0) is 30.5 Å². The highest BCUT2D eigenvalue weighted by Crippen LogP contribution is 2.37. The van der Waals surface area contributed by atoms with Crippen molar-refractivity contribution in [3.05, 3.63) is 29.3 Å². The maximum absolute atomic E-state index is 11.6. The van der Waals surface area contributed by atoms with Gasteiger partial charge in [0.2, 0.25) is 0 Å². The third kappa shape index (κ3) is 3.52. The van der Waals surface area contributed by atoms with Gasteiger partial charge in [-0.1, -0.05) is 0 Å². The minimum atomic E-state index is -0.825. The lowest BCUT2D eigenvalue weighted by atomic mass is 10.1. The molecule has 2 atom stereocenters. The smallest absolute Gasteiger partial charge is 0.407 e. The fourth-order valence-corrected chi connectivity index (χ4v) is 5.86. The van der Waals surface area contributed by atoms with Crippen LogP contribution in [0.5, 0.6) is 0 Å². The number of aromatic nitrogens is 2. The minimum absolute atomic E-state index is 0.00317. The second-order valence-electron chi connectivity index (χ2n) is 8.69. The van der Waals surface area contributed by atoms with Crippen LogP contribution in [0.1, 0.15) is 18.4 Å². The third-order valence-corrected chi connectivity index (χ3v) is 7.49. The summed E-state index contributed by atoms with van der Waals surface area (Å²) in [6, 6.07) is 4.84. The van der Waals surface area contributed by atoms with E-state index >= 15 is 0 Å². The van der Waals surface area contributed by atoms with Crippen molar-refractivity contribution in [3.8, 4) is 10.6 Å². The average Bonchev–Trinajstić information content (AvgIpc) is 3.52. The van der Waals surface area contributed by atoms with Gasteiger partial charge >= 0.3 is 6.09 Å². The lowest BCUT2D eigenvalue weighted by Crippen LogP contribution is -2.55. The van der Waals surface area contributed by atoms with Crippen molar-refractivity contribution < 1.29 is 19.1 Å². The van der Waals surface area contributed by atoms with Gasteiger partial charge in [0.15, 0.2) is 5.58 Å². The van der Waals surface area contributed by atoms with Gasteiger partial charge in [-0.15, -0.1) is 11.3 Å². The molecular weight excluding hydrogens is 430 g/mol. The van der Waals surface area contributed by atoms with E-state index in [-0.39, 0.29) is 12.1 Å². The molecule has 1 aromatic carbocycles. The first-order valence-electron chi connectivity index (χ1n) is 11.1. The summed E-state index contributed by atoms with van der Waals surface area (Å²) in [6.07, 6.45) is 2.76. The molecule has 32 heavy (non-hydrogen) atoms. The molecule has 2 unspecified atom stereocenters. The summed E-state index contributed by atoms with van der Waals surface area (Å²) >= 11 is 1.59. The van der Waals surface area contributed by atoms with Crippen molar-refractivity contribution in [1.29, 1.82) is 0 Å². The summed E-state index contributed by atoms with van der Waals surface area (Å²) in [5.74, 6) is 0. The number of piperazine rings is 1. The zero-order valence-corrected chi connectivity index (χ0v) is 18.5. The Morgan fingerprint density at radius 2 is 1.97 bits per heavy atom. The Hall–Kier alpha value is -2.69. The molecule has 2 aromatic heterocycles. The van der Waals surface area contributed by atoms with Crippen molar-refractivity contribution in [2.75, 3.05) is 44.3 Å². The Bertz CT molecular complexity index is 1110. The molecule has 6 rings (SSSR count). The Labute approximate surface area is 189 Å². The number of benzene rings is 1. The summed E-state index contributed by atoms with van der Waals surface area (Å²) in [5.41, 5.74) is 3.71. The molecule has 0 spiro atoms. The average molecular weight is 456 g/mol. The number of amides is 1. The quantitative estimate of drug-likeness (QED) is 0.641. The topological polar surface area (TPSA) is 95.2 Å². The summed E-state index contributed by atoms with van der Waals surface area (Å²) in [5, 5.41) is 12.4. The zero-order valence-electron chi connectivity index (χ0n) is 17.6. The van der Waals surface area contributed by atoms with E-state index in [2.05, 4.69) is 26.9 Å². The van der Waals surface area contributed by atoms with Gasteiger partial charge in [0.25, 0.3) is 6.01 Å². The molecule has 3 fully saturated rings. The summed E-state index contributed by atoms with van der Waals surface area (Å²) in [6.45, 7) is 5.43.